The van der Waals surface area contributed by atoms with Crippen molar-refractivity contribution >= 4 is 27.8 Å². The third-order valence-corrected chi connectivity index (χ3v) is 4.13. The molecule has 1 aromatic carbocycles. The third-order valence-electron chi connectivity index (χ3n) is 3.48. The van der Waals surface area contributed by atoms with Crippen molar-refractivity contribution in [2.75, 3.05) is 13.2 Å². The average Bonchev–Trinajstić information content (AvgIpc) is 2.39. The van der Waals surface area contributed by atoms with E-state index in [0.717, 1.165) is 5.56 Å². The van der Waals surface area contributed by atoms with E-state index >= 15 is 0 Å². The molecule has 6 heteroatoms. The minimum atomic E-state index is -1.24. The molecule has 1 aliphatic rings. The highest BCUT2D eigenvalue weighted by atomic mass is 79.9. The van der Waals surface area contributed by atoms with Gasteiger partial charge in [-0.2, -0.15) is 0 Å². The number of benzene rings is 1. The van der Waals surface area contributed by atoms with E-state index in [9.17, 15) is 14.7 Å². The van der Waals surface area contributed by atoms with E-state index in [0.29, 0.717) is 23.2 Å². The number of hydrogen-bond acceptors (Lipinski definition) is 3. The summed E-state index contributed by atoms with van der Waals surface area (Å²) in [6.45, 7) is 2.59. The van der Waals surface area contributed by atoms with Crippen LogP contribution in [0.2, 0.25) is 0 Å². The van der Waals surface area contributed by atoms with Gasteiger partial charge >= 0.3 is 5.97 Å². The molecule has 0 aromatic heterocycles. The highest BCUT2D eigenvalue weighted by molar-refractivity contribution is 9.10. The van der Waals surface area contributed by atoms with E-state index < -0.39 is 11.5 Å². The first-order valence-electron chi connectivity index (χ1n) is 6.34. The third kappa shape index (κ3) is 3.02. The lowest BCUT2D eigenvalue weighted by Gasteiger charge is -2.34. The molecular formula is C14H16BrNO4. The van der Waals surface area contributed by atoms with Gasteiger partial charge in [0.1, 0.15) is 5.54 Å². The number of carboxylic acids is 1. The number of aliphatic carboxylic acids is 1. The monoisotopic (exact) mass is 341 g/mol. The zero-order chi connectivity index (χ0) is 14.8. The lowest BCUT2D eigenvalue weighted by atomic mass is 9.89. The highest BCUT2D eigenvalue weighted by Crippen LogP contribution is 2.24. The Hall–Kier alpha value is -1.40. The van der Waals surface area contributed by atoms with Crippen molar-refractivity contribution in [2.45, 2.75) is 25.3 Å². The second-order valence-corrected chi connectivity index (χ2v) is 5.79. The molecule has 0 spiro atoms. The zero-order valence-electron chi connectivity index (χ0n) is 11.1. The Balaban J connectivity index is 2.22. The topological polar surface area (TPSA) is 75.6 Å². The van der Waals surface area contributed by atoms with Gasteiger partial charge < -0.3 is 15.2 Å². The van der Waals surface area contributed by atoms with Crippen molar-refractivity contribution in [3.05, 3.63) is 33.8 Å². The molecule has 2 rings (SSSR count). The normalized spacial score (nSPS) is 17.5. The highest BCUT2D eigenvalue weighted by Gasteiger charge is 2.41. The van der Waals surface area contributed by atoms with Crippen molar-refractivity contribution in [1.29, 1.82) is 0 Å². The van der Waals surface area contributed by atoms with Gasteiger partial charge in [0.25, 0.3) is 5.91 Å². The molecule has 5 nitrogen and oxygen atoms in total. The summed E-state index contributed by atoms with van der Waals surface area (Å²) in [5, 5.41) is 12.1. The first kappa shape index (κ1) is 15.0. The van der Waals surface area contributed by atoms with Crippen LogP contribution in [-0.4, -0.2) is 35.7 Å². The van der Waals surface area contributed by atoms with Crippen LogP contribution in [0, 0.1) is 6.92 Å². The largest absolute Gasteiger partial charge is 0.480 e. The predicted molar refractivity (Wildman–Crippen MR) is 76.8 cm³/mol. The summed E-state index contributed by atoms with van der Waals surface area (Å²) in [6.07, 6.45) is 0.551. The van der Waals surface area contributed by atoms with Crippen molar-refractivity contribution in [1.82, 2.24) is 5.32 Å². The summed E-state index contributed by atoms with van der Waals surface area (Å²) in [6, 6.07) is 5.33. The van der Waals surface area contributed by atoms with Crippen LogP contribution < -0.4 is 5.32 Å². The Bertz CT molecular complexity index is 538. The van der Waals surface area contributed by atoms with E-state index in [1.807, 2.05) is 19.1 Å². The number of ether oxygens (including phenoxy) is 1. The molecule has 1 aliphatic heterocycles. The van der Waals surface area contributed by atoms with Gasteiger partial charge in [-0.3, -0.25) is 4.79 Å². The first-order chi connectivity index (χ1) is 9.44. The molecule has 1 fully saturated rings. The molecule has 0 unspecified atom stereocenters. The maximum atomic E-state index is 12.3. The minimum Gasteiger partial charge on any atom is -0.480 e. The van der Waals surface area contributed by atoms with Crippen LogP contribution in [0.1, 0.15) is 28.8 Å². The quantitative estimate of drug-likeness (QED) is 0.882. The van der Waals surface area contributed by atoms with Gasteiger partial charge in [-0.05, 0) is 40.5 Å². The first-order valence-corrected chi connectivity index (χ1v) is 7.14. The number of carboxylic acid groups (broad SMARTS) is 1. The summed E-state index contributed by atoms with van der Waals surface area (Å²) >= 11 is 3.33. The van der Waals surface area contributed by atoms with Crippen molar-refractivity contribution in [3.63, 3.8) is 0 Å². The van der Waals surface area contributed by atoms with Gasteiger partial charge in [0.2, 0.25) is 0 Å². The molecule has 0 saturated carbocycles. The molecule has 2 N–H and O–H groups in total. The Kier molecular flexibility index (Phi) is 4.45. The number of hydrogen-bond donors (Lipinski definition) is 2. The minimum absolute atomic E-state index is 0.275. The van der Waals surface area contributed by atoms with Gasteiger partial charge in [-0.25, -0.2) is 4.79 Å². The van der Waals surface area contributed by atoms with Crippen molar-refractivity contribution in [2.24, 2.45) is 0 Å². The fourth-order valence-corrected chi connectivity index (χ4v) is 2.87. The molecule has 1 heterocycles. The maximum absolute atomic E-state index is 12.3. The van der Waals surface area contributed by atoms with Crippen LogP contribution in [0.3, 0.4) is 0 Å². The second kappa shape index (κ2) is 5.93. The number of amides is 1. The Morgan fingerprint density at radius 2 is 2.00 bits per heavy atom. The SMILES string of the molecule is Cc1ccc(C(=O)NC2(C(=O)O)CCOCC2)c(Br)c1. The number of halogens is 1. The molecule has 0 bridgehead atoms. The summed E-state index contributed by atoms with van der Waals surface area (Å²) in [7, 11) is 0. The van der Waals surface area contributed by atoms with Crippen LogP contribution in [0.5, 0.6) is 0 Å². The molecule has 1 amide bonds. The number of carbonyl (C=O) groups is 2. The molecule has 1 aromatic rings. The van der Waals surface area contributed by atoms with E-state index in [2.05, 4.69) is 21.2 Å². The molecule has 0 radical (unpaired) electrons. The molecule has 108 valence electrons. The summed E-state index contributed by atoms with van der Waals surface area (Å²) in [5.41, 5.74) is 0.217. The summed E-state index contributed by atoms with van der Waals surface area (Å²) in [5.74, 6) is -1.40. The Morgan fingerprint density at radius 3 is 2.55 bits per heavy atom. The fourth-order valence-electron chi connectivity index (χ4n) is 2.20. The Labute approximate surface area is 125 Å². The van der Waals surface area contributed by atoms with E-state index in [4.69, 9.17) is 4.74 Å². The predicted octanol–water partition coefficient (Wildman–Crippen LogP) is 2.12. The van der Waals surface area contributed by atoms with E-state index in [1.54, 1.807) is 6.07 Å². The van der Waals surface area contributed by atoms with Gasteiger partial charge in [0.15, 0.2) is 0 Å². The van der Waals surface area contributed by atoms with Gasteiger partial charge in [-0.1, -0.05) is 6.07 Å². The molecule has 1 saturated heterocycles. The van der Waals surface area contributed by atoms with Crippen LogP contribution in [0.4, 0.5) is 0 Å². The number of aryl methyl sites for hydroxylation is 1. The lowest BCUT2D eigenvalue weighted by molar-refractivity contribution is -0.148. The van der Waals surface area contributed by atoms with Crippen molar-refractivity contribution < 1.29 is 19.4 Å². The molecule has 0 atom stereocenters. The molecule has 20 heavy (non-hydrogen) atoms. The van der Waals surface area contributed by atoms with Gasteiger partial charge in [0.05, 0.1) is 5.56 Å². The summed E-state index contributed by atoms with van der Waals surface area (Å²) < 4.78 is 5.83. The van der Waals surface area contributed by atoms with Crippen LogP contribution in [0.25, 0.3) is 0 Å². The number of rotatable bonds is 3. The maximum Gasteiger partial charge on any atom is 0.329 e. The smallest absolute Gasteiger partial charge is 0.329 e. The van der Waals surface area contributed by atoms with Crippen LogP contribution in [0.15, 0.2) is 22.7 Å². The van der Waals surface area contributed by atoms with Crippen molar-refractivity contribution in [3.8, 4) is 0 Å². The molecule has 0 aliphatic carbocycles. The fraction of sp³-hybridized carbons (Fsp3) is 0.429. The van der Waals surface area contributed by atoms with E-state index in [1.165, 1.54) is 0 Å². The average molecular weight is 342 g/mol. The van der Waals surface area contributed by atoms with Crippen LogP contribution in [-0.2, 0) is 9.53 Å². The Morgan fingerprint density at radius 1 is 1.35 bits per heavy atom. The number of carbonyl (C=O) groups excluding carboxylic acids is 1. The van der Waals surface area contributed by atoms with E-state index in [-0.39, 0.29) is 18.7 Å². The molecular weight excluding hydrogens is 326 g/mol. The van der Waals surface area contributed by atoms with Gasteiger partial charge in [-0.15, -0.1) is 0 Å². The second-order valence-electron chi connectivity index (χ2n) is 4.94. The van der Waals surface area contributed by atoms with Crippen LogP contribution >= 0.6 is 15.9 Å². The van der Waals surface area contributed by atoms with Gasteiger partial charge in [0, 0.05) is 30.5 Å². The lowest BCUT2D eigenvalue weighted by Crippen LogP contribution is -2.57. The zero-order valence-corrected chi connectivity index (χ0v) is 12.7. The summed E-state index contributed by atoms with van der Waals surface area (Å²) in [4.78, 5) is 23.8. The number of nitrogens with one attached hydrogen (secondary N) is 1. The standard InChI is InChI=1S/C14H16BrNO4/c1-9-2-3-10(11(15)8-9)12(17)16-14(13(18)19)4-6-20-7-5-14/h2-3,8H,4-7H2,1H3,(H,16,17)(H,18,19).